The summed E-state index contributed by atoms with van der Waals surface area (Å²) in [6, 6.07) is 1.83. The van der Waals surface area contributed by atoms with E-state index in [4.69, 9.17) is 10.5 Å². The standard InChI is InChI=1S/C12H16N2O2/c1-9-2-5-14-8-10(9)11(15)12(13)3-6-16-7-4-12/h2,5,8H,3-4,6-7,13H2,1H3. The number of carbonyl (C=O) groups excluding carboxylic acids is 1. The lowest BCUT2D eigenvalue weighted by molar-refractivity contribution is 0.0447. The summed E-state index contributed by atoms with van der Waals surface area (Å²) in [7, 11) is 0. The predicted octanol–water partition coefficient (Wildman–Crippen LogP) is 1.08. The Bertz CT molecular complexity index is 398. The number of hydrogen-bond acceptors (Lipinski definition) is 4. The number of ether oxygens (including phenoxy) is 1. The smallest absolute Gasteiger partial charge is 0.184 e. The first-order chi connectivity index (χ1) is 7.63. The number of aromatic nitrogens is 1. The Morgan fingerprint density at radius 3 is 2.81 bits per heavy atom. The van der Waals surface area contributed by atoms with Gasteiger partial charge < -0.3 is 10.5 Å². The zero-order valence-electron chi connectivity index (χ0n) is 9.40. The molecule has 4 heteroatoms. The van der Waals surface area contributed by atoms with Gasteiger partial charge in [0.05, 0.1) is 5.54 Å². The van der Waals surface area contributed by atoms with Crippen molar-refractivity contribution in [1.82, 2.24) is 4.98 Å². The van der Waals surface area contributed by atoms with Crippen LogP contribution in [-0.4, -0.2) is 29.5 Å². The Morgan fingerprint density at radius 1 is 1.50 bits per heavy atom. The molecule has 2 rings (SSSR count). The van der Waals surface area contributed by atoms with Crippen molar-refractivity contribution in [2.45, 2.75) is 25.3 Å². The van der Waals surface area contributed by atoms with Gasteiger partial charge in [-0.15, -0.1) is 0 Å². The highest BCUT2D eigenvalue weighted by molar-refractivity contribution is 6.04. The highest BCUT2D eigenvalue weighted by Gasteiger charge is 2.36. The van der Waals surface area contributed by atoms with E-state index in [1.165, 1.54) is 0 Å². The highest BCUT2D eigenvalue weighted by Crippen LogP contribution is 2.23. The summed E-state index contributed by atoms with van der Waals surface area (Å²) in [5.41, 5.74) is 6.93. The molecule has 0 amide bonds. The van der Waals surface area contributed by atoms with Crippen molar-refractivity contribution in [3.05, 3.63) is 29.6 Å². The molecule has 1 aliphatic rings. The molecule has 0 atom stereocenters. The molecule has 1 aromatic heterocycles. The molecule has 0 bridgehead atoms. The molecule has 2 N–H and O–H groups in total. The summed E-state index contributed by atoms with van der Waals surface area (Å²) in [6.45, 7) is 3.01. The molecule has 1 saturated heterocycles. The summed E-state index contributed by atoms with van der Waals surface area (Å²) in [5, 5.41) is 0. The number of rotatable bonds is 2. The fourth-order valence-corrected chi connectivity index (χ4v) is 1.93. The van der Waals surface area contributed by atoms with Crippen molar-refractivity contribution in [2.24, 2.45) is 5.73 Å². The van der Waals surface area contributed by atoms with Gasteiger partial charge in [0.1, 0.15) is 0 Å². The van der Waals surface area contributed by atoms with Crippen molar-refractivity contribution >= 4 is 5.78 Å². The van der Waals surface area contributed by atoms with Crippen LogP contribution in [0.4, 0.5) is 0 Å². The first kappa shape index (κ1) is 11.2. The number of nitrogens with zero attached hydrogens (tertiary/aromatic N) is 1. The molecular weight excluding hydrogens is 204 g/mol. The van der Waals surface area contributed by atoms with Crippen LogP contribution in [0.2, 0.25) is 0 Å². The average molecular weight is 220 g/mol. The number of ketones is 1. The predicted molar refractivity (Wildman–Crippen MR) is 60.3 cm³/mol. The lowest BCUT2D eigenvalue weighted by Gasteiger charge is -2.32. The molecule has 1 fully saturated rings. The van der Waals surface area contributed by atoms with Gasteiger partial charge in [0.15, 0.2) is 5.78 Å². The number of aryl methyl sites for hydroxylation is 1. The van der Waals surface area contributed by atoms with Gasteiger partial charge in [-0.25, -0.2) is 0 Å². The van der Waals surface area contributed by atoms with Gasteiger partial charge in [0.2, 0.25) is 0 Å². The Balaban J connectivity index is 2.28. The van der Waals surface area contributed by atoms with Crippen molar-refractivity contribution in [2.75, 3.05) is 13.2 Å². The molecule has 0 unspecified atom stereocenters. The van der Waals surface area contributed by atoms with E-state index >= 15 is 0 Å². The second-order valence-corrected chi connectivity index (χ2v) is 4.29. The second kappa shape index (κ2) is 4.31. The molecule has 0 aliphatic carbocycles. The fourth-order valence-electron chi connectivity index (χ4n) is 1.93. The van der Waals surface area contributed by atoms with Gasteiger partial charge in [0.25, 0.3) is 0 Å². The fraction of sp³-hybridized carbons (Fsp3) is 0.500. The molecule has 1 aliphatic heterocycles. The van der Waals surface area contributed by atoms with Crippen LogP contribution in [0.1, 0.15) is 28.8 Å². The van der Waals surface area contributed by atoms with Gasteiger partial charge in [-0.1, -0.05) is 0 Å². The van der Waals surface area contributed by atoms with Crippen LogP contribution in [0.25, 0.3) is 0 Å². The van der Waals surface area contributed by atoms with Crippen LogP contribution in [0.5, 0.6) is 0 Å². The summed E-state index contributed by atoms with van der Waals surface area (Å²) in [4.78, 5) is 16.3. The average Bonchev–Trinajstić information content (AvgIpc) is 2.30. The van der Waals surface area contributed by atoms with E-state index in [1.54, 1.807) is 12.4 Å². The molecule has 0 aromatic carbocycles. The number of pyridine rings is 1. The normalized spacial score (nSPS) is 19.4. The molecule has 0 radical (unpaired) electrons. The van der Waals surface area contributed by atoms with Crippen LogP contribution in [0, 0.1) is 6.92 Å². The lowest BCUT2D eigenvalue weighted by Crippen LogP contribution is -2.52. The van der Waals surface area contributed by atoms with Crippen molar-refractivity contribution in [3.63, 3.8) is 0 Å². The third kappa shape index (κ3) is 1.99. The Morgan fingerprint density at radius 2 is 2.19 bits per heavy atom. The summed E-state index contributed by atoms with van der Waals surface area (Å²) in [5.74, 6) is -0.0126. The van der Waals surface area contributed by atoms with Crippen LogP contribution in [0.3, 0.4) is 0 Å². The number of Topliss-reactive ketones (excluding diaryl/α,β-unsaturated/α-hetero) is 1. The molecule has 2 heterocycles. The van der Waals surface area contributed by atoms with Crippen LogP contribution >= 0.6 is 0 Å². The minimum Gasteiger partial charge on any atom is -0.381 e. The Hall–Kier alpha value is -1.26. The maximum absolute atomic E-state index is 12.3. The SMILES string of the molecule is Cc1ccncc1C(=O)C1(N)CCOCC1. The molecule has 0 saturated carbocycles. The second-order valence-electron chi connectivity index (χ2n) is 4.29. The minimum absolute atomic E-state index is 0.0126. The van der Waals surface area contributed by atoms with Crippen molar-refractivity contribution < 1.29 is 9.53 Å². The Kier molecular flexibility index (Phi) is 3.03. The zero-order chi connectivity index (χ0) is 11.6. The summed E-state index contributed by atoms with van der Waals surface area (Å²) < 4.78 is 5.23. The van der Waals surface area contributed by atoms with Gasteiger partial charge in [-0.3, -0.25) is 9.78 Å². The van der Waals surface area contributed by atoms with Crippen molar-refractivity contribution in [1.29, 1.82) is 0 Å². The highest BCUT2D eigenvalue weighted by atomic mass is 16.5. The van der Waals surface area contributed by atoms with Crippen molar-refractivity contribution in [3.8, 4) is 0 Å². The van der Waals surface area contributed by atoms with Gasteiger partial charge >= 0.3 is 0 Å². The third-order valence-corrected chi connectivity index (χ3v) is 3.12. The molecular formula is C12H16N2O2. The van der Waals surface area contributed by atoms with Crippen LogP contribution in [0.15, 0.2) is 18.5 Å². The van der Waals surface area contributed by atoms with E-state index < -0.39 is 5.54 Å². The third-order valence-electron chi connectivity index (χ3n) is 3.12. The molecule has 1 aromatic rings. The van der Waals surface area contributed by atoms with Crippen LogP contribution in [-0.2, 0) is 4.74 Å². The van der Waals surface area contributed by atoms with E-state index in [0.29, 0.717) is 31.6 Å². The maximum Gasteiger partial charge on any atom is 0.184 e. The van der Waals surface area contributed by atoms with Gasteiger partial charge in [-0.2, -0.15) is 0 Å². The molecule has 86 valence electrons. The molecule has 4 nitrogen and oxygen atoms in total. The summed E-state index contributed by atoms with van der Waals surface area (Å²) in [6.07, 6.45) is 4.45. The zero-order valence-corrected chi connectivity index (χ0v) is 9.40. The van der Waals surface area contributed by atoms with E-state index in [-0.39, 0.29) is 5.78 Å². The van der Waals surface area contributed by atoms with Crippen LogP contribution < -0.4 is 5.73 Å². The number of hydrogen-bond donors (Lipinski definition) is 1. The first-order valence-corrected chi connectivity index (χ1v) is 5.45. The van der Waals surface area contributed by atoms with Gasteiger partial charge in [0, 0.05) is 31.2 Å². The minimum atomic E-state index is -0.772. The molecule has 0 spiro atoms. The van der Waals surface area contributed by atoms with Gasteiger partial charge in [-0.05, 0) is 31.4 Å². The topological polar surface area (TPSA) is 65.2 Å². The van der Waals surface area contributed by atoms with E-state index in [2.05, 4.69) is 4.98 Å². The molecule has 16 heavy (non-hydrogen) atoms. The van der Waals surface area contributed by atoms with E-state index in [0.717, 1.165) is 5.56 Å². The van der Waals surface area contributed by atoms with E-state index in [9.17, 15) is 4.79 Å². The van der Waals surface area contributed by atoms with E-state index in [1.807, 2.05) is 13.0 Å². The summed E-state index contributed by atoms with van der Waals surface area (Å²) >= 11 is 0. The lowest BCUT2D eigenvalue weighted by atomic mass is 9.83. The number of nitrogens with two attached hydrogens (primary N) is 1. The maximum atomic E-state index is 12.3. The monoisotopic (exact) mass is 220 g/mol. The largest absolute Gasteiger partial charge is 0.381 e. The first-order valence-electron chi connectivity index (χ1n) is 5.45. The quantitative estimate of drug-likeness (QED) is 0.757. The Labute approximate surface area is 94.8 Å². The number of carbonyl (C=O) groups is 1.